The molecule has 4 rings (SSSR count). The van der Waals surface area contributed by atoms with Gasteiger partial charge in [0.15, 0.2) is 11.5 Å². The number of nitrogens with one attached hydrogen (secondary N) is 1. The molecule has 1 aliphatic rings. The highest BCUT2D eigenvalue weighted by molar-refractivity contribution is 7.87. The van der Waals surface area contributed by atoms with Gasteiger partial charge in [0.25, 0.3) is 0 Å². The smallest absolute Gasteiger partial charge is 0.490 e. The first-order valence-electron chi connectivity index (χ1n) is 10.7. The molecule has 1 fully saturated rings. The Bertz CT molecular complexity index is 1320. The Balaban J connectivity index is 0.000000454. The van der Waals surface area contributed by atoms with Crippen molar-refractivity contribution in [1.82, 2.24) is 10.2 Å². The zero-order chi connectivity index (χ0) is 26.5. The number of carboxylic acids is 1. The van der Waals surface area contributed by atoms with Crippen LogP contribution in [0.3, 0.4) is 0 Å². The summed E-state index contributed by atoms with van der Waals surface area (Å²) in [5.41, 5.74) is 2.41. The van der Waals surface area contributed by atoms with Crippen molar-refractivity contribution in [2.45, 2.75) is 24.5 Å². The molecule has 0 radical (unpaired) electrons. The van der Waals surface area contributed by atoms with Gasteiger partial charge >= 0.3 is 22.3 Å². The number of nitrogens with zero attached hydrogens (tertiary/aromatic N) is 1. The van der Waals surface area contributed by atoms with Crippen LogP contribution in [0.15, 0.2) is 52.0 Å². The van der Waals surface area contributed by atoms with Crippen molar-refractivity contribution in [1.29, 1.82) is 0 Å². The fourth-order valence-corrected chi connectivity index (χ4v) is 4.53. The van der Waals surface area contributed by atoms with E-state index in [1.54, 1.807) is 36.6 Å². The van der Waals surface area contributed by atoms with E-state index < -0.39 is 22.3 Å². The number of piperazine rings is 1. The second-order valence-corrected chi connectivity index (χ2v) is 9.49. The first-order valence-corrected chi connectivity index (χ1v) is 12.1. The Morgan fingerprint density at radius 1 is 1.14 bits per heavy atom. The number of rotatable bonds is 6. The lowest BCUT2D eigenvalue weighted by molar-refractivity contribution is -0.192. The van der Waals surface area contributed by atoms with Gasteiger partial charge in [0.1, 0.15) is 10.5 Å². The SMILES string of the molecule is COc1ccc(C)cc1OS(=O)(=O)c1cc(CN2CCNCC2)c2occc2c1.O=C(O)C(F)(F)F. The Kier molecular flexibility index (Phi) is 8.48. The number of hydrogen-bond donors (Lipinski definition) is 2. The fraction of sp³-hybridized carbons (Fsp3) is 0.348. The Morgan fingerprint density at radius 2 is 1.81 bits per heavy atom. The van der Waals surface area contributed by atoms with Gasteiger partial charge in [-0.3, -0.25) is 4.90 Å². The van der Waals surface area contributed by atoms with Crippen LogP contribution in [0, 0.1) is 6.92 Å². The molecule has 0 amide bonds. The number of benzene rings is 2. The van der Waals surface area contributed by atoms with Gasteiger partial charge in [0.05, 0.1) is 13.4 Å². The van der Waals surface area contributed by atoms with Gasteiger partial charge in [0.2, 0.25) is 0 Å². The molecule has 0 unspecified atom stereocenters. The summed E-state index contributed by atoms with van der Waals surface area (Å²) in [6.07, 6.45) is -3.51. The van der Waals surface area contributed by atoms with Crippen LogP contribution in [-0.2, 0) is 21.5 Å². The Labute approximate surface area is 205 Å². The van der Waals surface area contributed by atoms with Gasteiger partial charge in [-0.15, -0.1) is 0 Å². The summed E-state index contributed by atoms with van der Waals surface area (Å²) in [5, 5.41) is 11.2. The highest BCUT2D eigenvalue weighted by atomic mass is 32.2. The quantitative estimate of drug-likeness (QED) is 0.461. The number of furan rings is 1. The average molecular weight is 531 g/mol. The van der Waals surface area contributed by atoms with E-state index in [0.29, 0.717) is 17.9 Å². The van der Waals surface area contributed by atoms with Crippen molar-refractivity contribution in [2.75, 3.05) is 33.3 Å². The zero-order valence-corrected chi connectivity index (χ0v) is 20.3. The predicted octanol–water partition coefficient (Wildman–Crippen LogP) is 3.56. The third-order valence-corrected chi connectivity index (χ3v) is 6.47. The molecule has 1 saturated heterocycles. The molecule has 196 valence electrons. The van der Waals surface area contributed by atoms with Gasteiger partial charge in [-0.25, -0.2) is 4.79 Å². The minimum Gasteiger partial charge on any atom is -0.493 e. The van der Waals surface area contributed by atoms with Gasteiger partial charge in [-0.05, 0) is 42.8 Å². The molecule has 0 saturated carbocycles. The molecule has 13 heteroatoms. The lowest BCUT2D eigenvalue weighted by atomic mass is 10.1. The maximum Gasteiger partial charge on any atom is 0.490 e. The second-order valence-electron chi connectivity index (χ2n) is 7.94. The molecule has 2 aromatic carbocycles. The molecule has 0 atom stereocenters. The molecule has 2 heterocycles. The number of carbonyl (C=O) groups is 1. The number of methoxy groups -OCH3 is 1. The highest BCUT2D eigenvalue weighted by Crippen LogP contribution is 2.32. The largest absolute Gasteiger partial charge is 0.493 e. The maximum absolute atomic E-state index is 13.1. The minimum atomic E-state index is -5.08. The standard InChI is InChI=1S/C21H24N2O5S.C2HF3O2/c1-15-3-4-19(26-2)20(11-15)28-29(24,25)18-12-16-5-10-27-21(16)17(13-18)14-23-8-6-22-7-9-23;3-2(4,5)1(6)7/h3-5,10-13,22H,6-9,14H2,1-2H3;(H,6,7). The van der Waals surface area contributed by atoms with E-state index in [-0.39, 0.29) is 10.6 Å². The molecule has 2 N–H and O–H groups in total. The van der Waals surface area contributed by atoms with Crippen molar-refractivity contribution in [3.63, 3.8) is 0 Å². The number of alkyl halides is 3. The van der Waals surface area contributed by atoms with Crippen LogP contribution in [0.25, 0.3) is 11.0 Å². The van der Waals surface area contributed by atoms with Crippen LogP contribution in [0.2, 0.25) is 0 Å². The monoisotopic (exact) mass is 530 g/mol. The van der Waals surface area contributed by atoms with Gasteiger partial charge in [0, 0.05) is 43.7 Å². The molecule has 9 nitrogen and oxygen atoms in total. The average Bonchev–Trinajstić information content (AvgIpc) is 3.29. The minimum absolute atomic E-state index is 0.0973. The first kappa shape index (κ1) is 27.3. The molecule has 1 aromatic heterocycles. The fourth-order valence-electron chi connectivity index (χ4n) is 3.51. The molecule has 36 heavy (non-hydrogen) atoms. The van der Waals surface area contributed by atoms with Crippen molar-refractivity contribution in [2.24, 2.45) is 0 Å². The summed E-state index contributed by atoms with van der Waals surface area (Å²) in [6, 6.07) is 10.2. The Morgan fingerprint density at radius 3 is 2.42 bits per heavy atom. The van der Waals surface area contributed by atoms with Crippen molar-refractivity contribution >= 4 is 27.1 Å². The number of aliphatic carboxylic acids is 1. The normalized spacial score (nSPS) is 14.7. The summed E-state index contributed by atoms with van der Waals surface area (Å²) >= 11 is 0. The van der Waals surface area contributed by atoms with E-state index >= 15 is 0 Å². The first-order chi connectivity index (χ1) is 16.9. The lowest BCUT2D eigenvalue weighted by Crippen LogP contribution is -2.42. The van der Waals surface area contributed by atoms with Gasteiger partial charge in [-0.2, -0.15) is 21.6 Å². The number of carboxylic acid groups (broad SMARTS) is 1. The van der Waals surface area contributed by atoms with Gasteiger partial charge < -0.3 is 23.8 Å². The van der Waals surface area contributed by atoms with E-state index in [2.05, 4.69) is 10.2 Å². The van der Waals surface area contributed by atoms with Crippen molar-refractivity contribution in [3.8, 4) is 11.5 Å². The maximum atomic E-state index is 13.1. The van der Waals surface area contributed by atoms with Crippen LogP contribution in [-0.4, -0.2) is 63.9 Å². The molecular formula is C23H25F3N2O7S. The third-order valence-electron chi connectivity index (χ3n) is 5.25. The molecule has 1 aliphatic heterocycles. The molecule has 0 aliphatic carbocycles. The van der Waals surface area contributed by atoms with Crippen LogP contribution >= 0.6 is 0 Å². The molecular weight excluding hydrogens is 505 g/mol. The third kappa shape index (κ3) is 6.89. The van der Waals surface area contributed by atoms with Crippen molar-refractivity contribution in [3.05, 3.63) is 53.8 Å². The Hall–Kier alpha value is -3.29. The summed E-state index contributed by atoms with van der Waals surface area (Å²) in [6.45, 7) is 6.10. The predicted molar refractivity (Wildman–Crippen MR) is 124 cm³/mol. The summed E-state index contributed by atoms with van der Waals surface area (Å²) in [7, 11) is -2.57. The number of hydrogen-bond acceptors (Lipinski definition) is 8. The van der Waals surface area contributed by atoms with Crippen molar-refractivity contribution < 1.29 is 44.8 Å². The van der Waals surface area contributed by atoms with E-state index in [0.717, 1.165) is 42.7 Å². The molecule has 3 aromatic rings. The van der Waals surface area contributed by atoms with Crippen LogP contribution in [0.1, 0.15) is 11.1 Å². The van der Waals surface area contributed by atoms with Crippen LogP contribution in [0.4, 0.5) is 13.2 Å². The zero-order valence-electron chi connectivity index (χ0n) is 19.5. The lowest BCUT2D eigenvalue weighted by Gasteiger charge is -2.27. The van der Waals surface area contributed by atoms with E-state index in [1.807, 2.05) is 13.0 Å². The van der Waals surface area contributed by atoms with Gasteiger partial charge in [-0.1, -0.05) is 6.07 Å². The van der Waals surface area contributed by atoms with Crippen LogP contribution < -0.4 is 14.2 Å². The number of aryl methyl sites for hydroxylation is 1. The topological polar surface area (TPSA) is 118 Å². The number of fused-ring (bicyclic) bond motifs is 1. The van der Waals surface area contributed by atoms with E-state index in [1.165, 1.54) is 7.11 Å². The summed E-state index contributed by atoms with van der Waals surface area (Å²) in [5.74, 6) is -2.22. The van der Waals surface area contributed by atoms with E-state index in [4.69, 9.17) is 23.2 Å². The molecule has 0 bridgehead atoms. The highest BCUT2D eigenvalue weighted by Gasteiger charge is 2.38. The van der Waals surface area contributed by atoms with Crippen LogP contribution in [0.5, 0.6) is 11.5 Å². The number of ether oxygens (including phenoxy) is 1. The number of halogens is 3. The summed E-state index contributed by atoms with van der Waals surface area (Å²) in [4.78, 5) is 11.3. The second kappa shape index (κ2) is 11.2. The summed E-state index contributed by atoms with van der Waals surface area (Å²) < 4.78 is 74.2. The van der Waals surface area contributed by atoms with E-state index in [9.17, 15) is 21.6 Å². The molecule has 0 spiro atoms.